The number of hydrogen-bond acceptors (Lipinski definition) is 2. The first-order valence-electron chi connectivity index (χ1n) is 8.74. The van der Waals surface area contributed by atoms with E-state index in [-0.39, 0.29) is 6.03 Å². The van der Waals surface area contributed by atoms with E-state index in [0.29, 0.717) is 6.54 Å². The quantitative estimate of drug-likeness (QED) is 0.890. The Bertz CT molecular complexity index is 667. The summed E-state index contributed by atoms with van der Waals surface area (Å²) >= 11 is 5.92. The number of benzene rings is 2. The van der Waals surface area contributed by atoms with Crippen LogP contribution in [0.5, 0.6) is 0 Å². The molecular formula is C20H24ClN3O. The topological polar surface area (TPSA) is 35.6 Å². The molecule has 4 nitrogen and oxygen atoms in total. The molecule has 5 heteroatoms. The molecule has 1 aliphatic rings. The molecule has 0 unspecified atom stereocenters. The predicted octanol–water partition coefficient (Wildman–Crippen LogP) is 3.41. The van der Waals surface area contributed by atoms with Crippen LogP contribution in [-0.4, -0.2) is 48.6 Å². The molecule has 3 rings (SSSR count). The van der Waals surface area contributed by atoms with Crippen LogP contribution in [0.1, 0.15) is 11.1 Å². The maximum Gasteiger partial charge on any atom is 0.317 e. The first kappa shape index (κ1) is 17.8. The number of halogens is 1. The fourth-order valence-corrected chi connectivity index (χ4v) is 3.12. The van der Waals surface area contributed by atoms with Gasteiger partial charge in [-0.1, -0.05) is 54.1 Å². The van der Waals surface area contributed by atoms with Gasteiger partial charge in [-0.25, -0.2) is 4.79 Å². The van der Waals surface area contributed by atoms with Gasteiger partial charge in [-0.15, -0.1) is 0 Å². The van der Waals surface area contributed by atoms with Gasteiger partial charge in [0.05, 0.1) is 0 Å². The highest BCUT2D eigenvalue weighted by Gasteiger charge is 2.20. The van der Waals surface area contributed by atoms with Gasteiger partial charge in [0.15, 0.2) is 0 Å². The Labute approximate surface area is 154 Å². The molecule has 25 heavy (non-hydrogen) atoms. The smallest absolute Gasteiger partial charge is 0.317 e. The fourth-order valence-electron chi connectivity index (χ4n) is 3.00. The Kier molecular flexibility index (Phi) is 6.31. The van der Waals surface area contributed by atoms with Crippen molar-refractivity contribution in [2.75, 3.05) is 32.7 Å². The third-order valence-corrected chi connectivity index (χ3v) is 4.83. The fraction of sp³-hybridized carbons (Fsp3) is 0.350. The van der Waals surface area contributed by atoms with Crippen LogP contribution in [0.2, 0.25) is 5.02 Å². The minimum absolute atomic E-state index is 0.0289. The first-order valence-corrected chi connectivity index (χ1v) is 9.12. The number of carbonyl (C=O) groups excluding carboxylic acids is 1. The summed E-state index contributed by atoms with van der Waals surface area (Å²) in [5.41, 5.74) is 2.42. The second-order valence-corrected chi connectivity index (χ2v) is 6.79. The van der Waals surface area contributed by atoms with E-state index in [0.717, 1.165) is 49.7 Å². The van der Waals surface area contributed by atoms with E-state index < -0.39 is 0 Å². The van der Waals surface area contributed by atoms with Crippen LogP contribution >= 0.6 is 11.6 Å². The Morgan fingerprint density at radius 3 is 2.28 bits per heavy atom. The van der Waals surface area contributed by atoms with Crippen molar-refractivity contribution in [2.24, 2.45) is 0 Å². The van der Waals surface area contributed by atoms with Gasteiger partial charge in [-0.05, 0) is 29.7 Å². The molecule has 1 fully saturated rings. The maximum atomic E-state index is 12.3. The highest BCUT2D eigenvalue weighted by atomic mass is 35.5. The molecule has 0 bridgehead atoms. The van der Waals surface area contributed by atoms with Crippen molar-refractivity contribution in [3.05, 3.63) is 70.7 Å². The van der Waals surface area contributed by atoms with E-state index in [1.54, 1.807) is 0 Å². The highest BCUT2D eigenvalue weighted by Crippen LogP contribution is 2.11. The molecule has 1 heterocycles. The van der Waals surface area contributed by atoms with Crippen LogP contribution in [0.4, 0.5) is 4.79 Å². The molecule has 0 spiro atoms. The average Bonchev–Trinajstić information content (AvgIpc) is 2.67. The van der Waals surface area contributed by atoms with E-state index >= 15 is 0 Å². The van der Waals surface area contributed by atoms with Gasteiger partial charge in [-0.3, -0.25) is 4.90 Å². The molecule has 0 radical (unpaired) electrons. The zero-order valence-electron chi connectivity index (χ0n) is 14.3. The van der Waals surface area contributed by atoms with Gasteiger partial charge in [0.2, 0.25) is 0 Å². The summed E-state index contributed by atoms with van der Waals surface area (Å²) < 4.78 is 0. The maximum absolute atomic E-state index is 12.3. The van der Waals surface area contributed by atoms with Crippen molar-refractivity contribution in [2.45, 2.75) is 13.0 Å². The Morgan fingerprint density at radius 1 is 0.920 bits per heavy atom. The summed E-state index contributed by atoms with van der Waals surface area (Å²) in [6.45, 7) is 5.00. The molecule has 0 atom stereocenters. The number of carbonyl (C=O) groups is 1. The number of amides is 2. The van der Waals surface area contributed by atoms with Crippen molar-refractivity contribution in [3.63, 3.8) is 0 Å². The van der Waals surface area contributed by atoms with Crippen molar-refractivity contribution >= 4 is 17.6 Å². The van der Waals surface area contributed by atoms with E-state index in [2.05, 4.69) is 22.3 Å². The number of nitrogens with zero attached hydrogens (tertiary/aromatic N) is 2. The van der Waals surface area contributed by atoms with Crippen LogP contribution < -0.4 is 5.32 Å². The zero-order valence-corrected chi connectivity index (χ0v) is 15.1. The minimum atomic E-state index is 0.0289. The van der Waals surface area contributed by atoms with Crippen LogP contribution in [0, 0.1) is 0 Å². The Hall–Kier alpha value is -2.04. The summed E-state index contributed by atoms with van der Waals surface area (Å²) in [7, 11) is 0. The van der Waals surface area contributed by atoms with E-state index in [9.17, 15) is 4.79 Å². The molecular weight excluding hydrogens is 334 g/mol. The zero-order chi connectivity index (χ0) is 17.5. The van der Waals surface area contributed by atoms with Crippen molar-refractivity contribution < 1.29 is 4.79 Å². The van der Waals surface area contributed by atoms with E-state index in [1.165, 1.54) is 5.56 Å². The molecule has 1 aliphatic heterocycles. The van der Waals surface area contributed by atoms with Crippen molar-refractivity contribution in [1.29, 1.82) is 0 Å². The standard InChI is InChI=1S/C20H24ClN3O/c21-19-8-6-17(7-9-19)10-11-23-12-14-24(15-13-23)20(25)22-16-18-4-2-1-3-5-18/h1-9H,10-16H2,(H,22,25). The lowest BCUT2D eigenvalue weighted by Gasteiger charge is -2.34. The number of rotatable bonds is 5. The lowest BCUT2D eigenvalue weighted by Crippen LogP contribution is -2.51. The van der Waals surface area contributed by atoms with Gasteiger partial charge in [-0.2, -0.15) is 0 Å². The van der Waals surface area contributed by atoms with Crippen molar-refractivity contribution in [1.82, 2.24) is 15.1 Å². The Balaban J connectivity index is 1.37. The number of urea groups is 1. The summed E-state index contributed by atoms with van der Waals surface area (Å²) in [5, 5.41) is 3.78. The van der Waals surface area contributed by atoms with Gasteiger partial charge in [0.1, 0.15) is 0 Å². The van der Waals surface area contributed by atoms with Crippen LogP contribution in [0.25, 0.3) is 0 Å². The summed E-state index contributed by atoms with van der Waals surface area (Å²) in [5.74, 6) is 0. The molecule has 132 valence electrons. The number of piperazine rings is 1. The molecule has 2 aromatic carbocycles. The molecule has 2 amide bonds. The highest BCUT2D eigenvalue weighted by molar-refractivity contribution is 6.30. The lowest BCUT2D eigenvalue weighted by molar-refractivity contribution is 0.140. The largest absolute Gasteiger partial charge is 0.334 e. The Morgan fingerprint density at radius 2 is 1.60 bits per heavy atom. The third-order valence-electron chi connectivity index (χ3n) is 4.58. The molecule has 2 aromatic rings. The summed E-state index contributed by atoms with van der Waals surface area (Å²) in [6, 6.07) is 18.1. The van der Waals surface area contributed by atoms with E-state index in [1.807, 2.05) is 47.4 Å². The lowest BCUT2D eigenvalue weighted by atomic mass is 10.1. The first-order chi connectivity index (χ1) is 12.2. The average molecular weight is 358 g/mol. The third kappa shape index (κ3) is 5.48. The minimum Gasteiger partial charge on any atom is -0.334 e. The normalized spacial score (nSPS) is 15.2. The van der Waals surface area contributed by atoms with Gasteiger partial charge in [0.25, 0.3) is 0 Å². The van der Waals surface area contributed by atoms with Crippen LogP contribution in [0.3, 0.4) is 0 Å². The molecule has 1 N–H and O–H groups in total. The number of hydrogen-bond donors (Lipinski definition) is 1. The van der Waals surface area contributed by atoms with E-state index in [4.69, 9.17) is 11.6 Å². The molecule has 0 aliphatic carbocycles. The van der Waals surface area contributed by atoms with Crippen LogP contribution in [0.15, 0.2) is 54.6 Å². The van der Waals surface area contributed by atoms with Crippen molar-refractivity contribution in [3.8, 4) is 0 Å². The van der Waals surface area contributed by atoms with Gasteiger partial charge >= 0.3 is 6.03 Å². The van der Waals surface area contributed by atoms with Gasteiger partial charge < -0.3 is 10.2 Å². The molecule has 0 saturated carbocycles. The summed E-state index contributed by atoms with van der Waals surface area (Å²) in [4.78, 5) is 16.6. The molecule has 0 aromatic heterocycles. The summed E-state index contributed by atoms with van der Waals surface area (Å²) in [6.07, 6.45) is 1.01. The number of nitrogens with one attached hydrogen (secondary N) is 1. The van der Waals surface area contributed by atoms with Crippen LogP contribution in [-0.2, 0) is 13.0 Å². The molecule has 1 saturated heterocycles. The predicted molar refractivity (Wildman–Crippen MR) is 102 cm³/mol. The second-order valence-electron chi connectivity index (χ2n) is 6.35. The monoisotopic (exact) mass is 357 g/mol. The van der Waals surface area contributed by atoms with Gasteiger partial charge in [0, 0.05) is 44.3 Å². The SMILES string of the molecule is O=C(NCc1ccccc1)N1CCN(CCc2ccc(Cl)cc2)CC1. The second kappa shape index (κ2) is 8.88.